The van der Waals surface area contributed by atoms with E-state index in [2.05, 4.69) is 6.92 Å². The Morgan fingerprint density at radius 1 is 0.864 bits per heavy atom. The molecule has 0 aromatic rings. The van der Waals surface area contributed by atoms with Crippen molar-refractivity contribution in [3.63, 3.8) is 0 Å². The van der Waals surface area contributed by atoms with E-state index in [-0.39, 0.29) is 6.42 Å². The van der Waals surface area contributed by atoms with E-state index >= 15 is 0 Å². The zero-order valence-electron chi connectivity index (χ0n) is 14.1. The predicted molar refractivity (Wildman–Crippen MR) is 88.7 cm³/mol. The number of hydrogen-bond donors (Lipinski definition) is 1. The van der Waals surface area contributed by atoms with Gasteiger partial charge in [0.15, 0.2) is 0 Å². The number of aliphatic carboxylic acids is 1. The molecule has 5 heteroatoms. The van der Waals surface area contributed by atoms with Gasteiger partial charge in [-0.2, -0.15) is 0 Å². The summed E-state index contributed by atoms with van der Waals surface area (Å²) in [6.07, 6.45) is 15.8. The summed E-state index contributed by atoms with van der Waals surface area (Å²) in [7, 11) is 0. The van der Waals surface area contributed by atoms with Gasteiger partial charge in [0, 0.05) is 11.3 Å². The van der Waals surface area contributed by atoms with E-state index in [0.717, 1.165) is 19.3 Å². The molecule has 0 heterocycles. The summed E-state index contributed by atoms with van der Waals surface area (Å²) >= 11 is 0. The van der Waals surface area contributed by atoms with Crippen LogP contribution in [0.25, 0.3) is 0 Å². The Hall–Kier alpha value is -1.13. The van der Waals surface area contributed by atoms with Gasteiger partial charge in [-0.25, -0.2) is 4.79 Å². The summed E-state index contributed by atoms with van der Waals surface area (Å²) in [5.41, 5.74) is 0. The van der Waals surface area contributed by atoms with Crippen LogP contribution in [0.15, 0.2) is 0 Å². The Labute approximate surface area is 134 Å². The number of nitrogens with zero attached hydrogens (tertiary/aromatic N) is 1. The first kappa shape index (κ1) is 20.9. The lowest BCUT2D eigenvalue weighted by molar-refractivity contribution is -0.511. The second-order valence-electron chi connectivity index (χ2n) is 6.17. The van der Waals surface area contributed by atoms with Crippen molar-refractivity contribution in [2.24, 2.45) is 0 Å². The van der Waals surface area contributed by atoms with Crippen LogP contribution < -0.4 is 0 Å². The van der Waals surface area contributed by atoms with Gasteiger partial charge in [-0.1, -0.05) is 84.0 Å². The van der Waals surface area contributed by atoms with Crippen LogP contribution in [0.2, 0.25) is 0 Å². The van der Waals surface area contributed by atoms with Gasteiger partial charge in [-0.15, -0.1) is 0 Å². The molecule has 0 saturated heterocycles. The summed E-state index contributed by atoms with van der Waals surface area (Å²) in [6.45, 7) is 2.24. The third-order valence-corrected chi connectivity index (χ3v) is 4.12. The normalized spacial score (nSPS) is 12.2. The smallest absolute Gasteiger partial charge is 0.379 e. The lowest BCUT2D eigenvalue weighted by Gasteiger charge is -2.05. The van der Waals surface area contributed by atoms with Crippen molar-refractivity contribution in [3.05, 3.63) is 10.1 Å². The molecule has 0 fully saturated rings. The standard InChI is InChI=1S/C17H33NO4/c1-2-3-4-5-6-7-8-9-10-11-12-13-14-15-16(17(19)20)18(21)22/h16H,2-15H2,1H3,(H,19,20). The highest BCUT2D eigenvalue weighted by atomic mass is 16.6. The maximum Gasteiger partial charge on any atom is 0.379 e. The SMILES string of the molecule is CCCCCCCCCCCCCCCC(C(=O)O)[N+](=O)[O-]. The van der Waals surface area contributed by atoms with E-state index in [1.54, 1.807) is 0 Å². The lowest BCUT2D eigenvalue weighted by Crippen LogP contribution is -2.28. The third kappa shape index (κ3) is 12.6. The monoisotopic (exact) mass is 315 g/mol. The van der Waals surface area contributed by atoms with E-state index in [4.69, 9.17) is 5.11 Å². The molecular weight excluding hydrogens is 282 g/mol. The maximum absolute atomic E-state index is 10.6. The summed E-state index contributed by atoms with van der Waals surface area (Å²) in [6, 6.07) is -1.42. The first-order valence-electron chi connectivity index (χ1n) is 8.96. The van der Waals surface area contributed by atoms with E-state index in [9.17, 15) is 14.9 Å². The second kappa shape index (κ2) is 14.8. The molecule has 0 aliphatic carbocycles. The zero-order chi connectivity index (χ0) is 16.6. The van der Waals surface area contributed by atoms with Gasteiger partial charge in [0.2, 0.25) is 0 Å². The van der Waals surface area contributed by atoms with Crippen molar-refractivity contribution in [1.82, 2.24) is 0 Å². The van der Waals surface area contributed by atoms with Gasteiger partial charge >= 0.3 is 12.0 Å². The number of unbranched alkanes of at least 4 members (excludes halogenated alkanes) is 12. The molecular formula is C17H33NO4. The van der Waals surface area contributed by atoms with E-state index in [1.807, 2.05) is 0 Å². The summed E-state index contributed by atoms with van der Waals surface area (Å²) in [5.74, 6) is -1.32. The molecule has 1 unspecified atom stereocenters. The average Bonchev–Trinajstić information content (AvgIpc) is 2.46. The van der Waals surface area contributed by atoms with Crippen LogP contribution in [0.5, 0.6) is 0 Å². The van der Waals surface area contributed by atoms with Gasteiger partial charge in [-0.3, -0.25) is 10.1 Å². The van der Waals surface area contributed by atoms with Crippen LogP contribution in [0, 0.1) is 10.1 Å². The molecule has 5 nitrogen and oxygen atoms in total. The number of nitro groups is 1. The van der Waals surface area contributed by atoms with Gasteiger partial charge in [0.1, 0.15) is 0 Å². The molecule has 0 spiro atoms. The third-order valence-electron chi connectivity index (χ3n) is 4.12. The van der Waals surface area contributed by atoms with Crippen molar-refractivity contribution in [1.29, 1.82) is 0 Å². The van der Waals surface area contributed by atoms with Gasteiger partial charge in [-0.05, 0) is 6.42 Å². The van der Waals surface area contributed by atoms with Crippen LogP contribution in [-0.2, 0) is 4.79 Å². The fourth-order valence-corrected chi connectivity index (χ4v) is 2.67. The topological polar surface area (TPSA) is 80.4 Å². The number of carbonyl (C=O) groups is 1. The number of rotatable bonds is 16. The fraction of sp³-hybridized carbons (Fsp3) is 0.941. The predicted octanol–water partition coefficient (Wildman–Crippen LogP) is 5.20. The summed E-state index contributed by atoms with van der Waals surface area (Å²) < 4.78 is 0. The van der Waals surface area contributed by atoms with Crippen LogP contribution in [-0.4, -0.2) is 22.0 Å². The Kier molecular flexibility index (Phi) is 14.0. The number of hydrogen-bond acceptors (Lipinski definition) is 3. The first-order valence-corrected chi connectivity index (χ1v) is 8.96. The number of carboxylic acid groups (broad SMARTS) is 1. The van der Waals surface area contributed by atoms with Crippen molar-refractivity contribution in [2.75, 3.05) is 0 Å². The molecule has 0 aliphatic rings. The van der Waals surface area contributed by atoms with Crippen molar-refractivity contribution >= 4 is 5.97 Å². The molecule has 0 radical (unpaired) electrons. The molecule has 0 aromatic heterocycles. The van der Waals surface area contributed by atoms with E-state index < -0.39 is 16.9 Å². The highest BCUT2D eigenvalue weighted by Crippen LogP contribution is 2.13. The lowest BCUT2D eigenvalue weighted by atomic mass is 10.0. The van der Waals surface area contributed by atoms with Crippen molar-refractivity contribution in [2.45, 2.75) is 103 Å². The molecule has 1 N–H and O–H groups in total. The van der Waals surface area contributed by atoms with Crippen molar-refractivity contribution in [3.8, 4) is 0 Å². The van der Waals surface area contributed by atoms with Crippen LogP contribution in [0.4, 0.5) is 0 Å². The second-order valence-corrected chi connectivity index (χ2v) is 6.17. The molecule has 0 aliphatic heterocycles. The highest BCUT2D eigenvalue weighted by Gasteiger charge is 2.27. The minimum Gasteiger partial charge on any atom is -0.476 e. The largest absolute Gasteiger partial charge is 0.476 e. The molecule has 0 amide bonds. The van der Waals surface area contributed by atoms with Gasteiger partial charge in [0.05, 0.1) is 0 Å². The Bertz CT molecular complexity index is 280. The van der Waals surface area contributed by atoms with Gasteiger partial charge in [0.25, 0.3) is 0 Å². The van der Waals surface area contributed by atoms with Gasteiger partial charge < -0.3 is 5.11 Å². The minimum absolute atomic E-state index is 0.153. The molecule has 0 rings (SSSR count). The molecule has 1 atom stereocenters. The first-order chi connectivity index (χ1) is 10.6. The van der Waals surface area contributed by atoms with Crippen LogP contribution >= 0.6 is 0 Å². The fourth-order valence-electron chi connectivity index (χ4n) is 2.67. The van der Waals surface area contributed by atoms with E-state index in [1.165, 1.54) is 57.8 Å². The van der Waals surface area contributed by atoms with E-state index in [0.29, 0.717) is 6.42 Å². The Balaban J connectivity index is 3.26. The van der Waals surface area contributed by atoms with Crippen LogP contribution in [0.1, 0.15) is 96.8 Å². The molecule has 22 heavy (non-hydrogen) atoms. The Morgan fingerprint density at radius 3 is 1.55 bits per heavy atom. The maximum atomic E-state index is 10.6. The average molecular weight is 315 g/mol. The highest BCUT2D eigenvalue weighted by molar-refractivity contribution is 5.71. The quantitative estimate of drug-likeness (QED) is 0.241. The molecule has 130 valence electrons. The zero-order valence-corrected chi connectivity index (χ0v) is 14.1. The summed E-state index contributed by atoms with van der Waals surface area (Å²) in [5, 5.41) is 19.2. The number of carboxylic acids is 1. The molecule has 0 saturated carbocycles. The minimum atomic E-state index is -1.42. The molecule has 0 aromatic carbocycles. The summed E-state index contributed by atoms with van der Waals surface area (Å²) in [4.78, 5) is 20.5. The van der Waals surface area contributed by atoms with Crippen LogP contribution in [0.3, 0.4) is 0 Å². The van der Waals surface area contributed by atoms with Crippen molar-refractivity contribution < 1.29 is 14.8 Å². The Morgan fingerprint density at radius 2 is 1.23 bits per heavy atom. The molecule has 0 bridgehead atoms.